The van der Waals surface area contributed by atoms with E-state index in [0.717, 1.165) is 13.1 Å². The molecular weight excluding hydrogens is 192 g/mol. The van der Waals surface area contributed by atoms with Crippen LogP contribution in [0, 0.1) is 5.92 Å². The minimum absolute atomic E-state index is 0.157. The number of hydrogen-bond acceptors (Lipinski definition) is 4. The van der Waals surface area contributed by atoms with Crippen molar-refractivity contribution in [1.29, 1.82) is 0 Å². The summed E-state index contributed by atoms with van der Waals surface area (Å²) in [6.07, 6.45) is 0.619. The van der Waals surface area contributed by atoms with Crippen LogP contribution in [0.15, 0.2) is 0 Å². The predicted molar refractivity (Wildman–Crippen MR) is 60.8 cm³/mol. The van der Waals surface area contributed by atoms with E-state index in [1.54, 1.807) is 0 Å². The molecule has 1 fully saturated rings. The second-order valence-electron chi connectivity index (χ2n) is 4.74. The van der Waals surface area contributed by atoms with Gasteiger partial charge < -0.3 is 20.4 Å². The molecule has 0 aromatic heterocycles. The molecule has 15 heavy (non-hydrogen) atoms. The van der Waals surface area contributed by atoms with E-state index in [0.29, 0.717) is 18.5 Å². The fourth-order valence-corrected chi connectivity index (χ4v) is 2.02. The average molecular weight is 216 g/mol. The van der Waals surface area contributed by atoms with Crippen molar-refractivity contribution in [2.45, 2.75) is 32.4 Å². The fourth-order valence-electron chi connectivity index (χ4n) is 2.02. The fraction of sp³-hybridized carbons (Fsp3) is 1.00. The second-order valence-corrected chi connectivity index (χ2v) is 4.74. The van der Waals surface area contributed by atoms with Crippen LogP contribution in [0.1, 0.15) is 20.3 Å². The molecule has 2 atom stereocenters. The molecule has 0 saturated carbocycles. The van der Waals surface area contributed by atoms with Crippen molar-refractivity contribution in [1.82, 2.24) is 10.2 Å². The lowest BCUT2D eigenvalue weighted by atomic mass is 10.1. The Kier molecular flexibility index (Phi) is 5.53. The highest BCUT2D eigenvalue weighted by Gasteiger charge is 2.23. The average Bonchev–Trinajstić information content (AvgIpc) is 2.66. The van der Waals surface area contributed by atoms with E-state index in [-0.39, 0.29) is 6.61 Å². The van der Waals surface area contributed by atoms with Crippen molar-refractivity contribution in [3.8, 4) is 0 Å². The quantitative estimate of drug-likeness (QED) is 0.568. The number of aliphatic hydroxyl groups is 2. The van der Waals surface area contributed by atoms with Crippen LogP contribution >= 0.6 is 0 Å². The smallest absolute Gasteiger partial charge is 0.0894 e. The third-order valence-electron chi connectivity index (χ3n) is 3.07. The molecule has 0 aliphatic carbocycles. The molecule has 3 N–H and O–H groups in total. The maximum absolute atomic E-state index is 9.15. The molecule has 4 nitrogen and oxygen atoms in total. The summed E-state index contributed by atoms with van der Waals surface area (Å²) in [5, 5.41) is 21.0. The molecule has 0 radical (unpaired) electrons. The van der Waals surface area contributed by atoms with E-state index in [4.69, 9.17) is 10.2 Å². The Morgan fingerprint density at radius 2 is 2.20 bits per heavy atom. The van der Waals surface area contributed by atoms with Crippen LogP contribution in [0.4, 0.5) is 0 Å². The summed E-state index contributed by atoms with van der Waals surface area (Å²) < 4.78 is 0. The van der Waals surface area contributed by atoms with Gasteiger partial charge in [-0.15, -0.1) is 0 Å². The Hall–Kier alpha value is -0.160. The maximum atomic E-state index is 9.15. The van der Waals surface area contributed by atoms with Crippen LogP contribution in [0.25, 0.3) is 0 Å². The highest BCUT2D eigenvalue weighted by atomic mass is 16.3. The molecule has 2 unspecified atom stereocenters. The van der Waals surface area contributed by atoms with Gasteiger partial charge in [0, 0.05) is 19.1 Å². The van der Waals surface area contributed by atoms with E-state index in [9.17, 15) is 0 Å². The van der Waals surface area contributed by atoms with Crippen molar-refractivity contribution in [3.05, 3.63) is 0 Å². The molecule has 0 bridgehead atoms. The van der Waals surface area contributed by atoms with Gasteiger partial charge in [0.1, 0.15) is 0 Å². The Morgan fingerprint density at radius 1 is 1.47 bits per heavy atom. The van der Waals surface area contributed by atoms with Crippen LogP contribution in [0.2, 0.25) is 0 Å². The number of likely N-dealkylation sites (tertiary alicyclic amines) is 1. The Balaban J connectivity index is 2.09. The maximum Gasteiger partial charge on any atom is 0.0894 e. The summed E-state index contributed by atoms with van der Waals surface area (Å²) in [5.41, 5.74) is 0. The summed E-state index contributed by atoms with van der Waals surface area (Å²) in [6, 6.07) is 0.637. The van der Waals surface area contributed by atoms with E-state index in [2.05, 4.69) is 24.1 Å². The lowest BCUT2D eigenvalue weighted by Gasteiger charge is -2.20. The van der Waals surface area contributed by atoms with Crippen molar-refractivity contribution >= 4 is 0 Å². The zero-order valence-electron chi connectivity index (χ0n) is 9.82. The Bertz CT molecular complexity index is 176. The molecular formula is C11H24N2O2. The van der Waals surface area contributed by atoms with Crippen molar-refractivity contribution in [2.24, 2.45) is 5.92 Å². The first-order valence-electron chi connectivity index (χ1n) is 5.87. The summed E-state index contributed by atoms with van der Waals surface area (Å²) in [5.74, 6) is 0.693. The van der Waals surface area contributed by atoms with Gasteiger partial charge in [-0.1, -0.05) is 0 Å². The number of nitrogens with one attached hydrogen (secondary N) is 1. The minimum atomic E-state index is -0.618. The minimum Gasteiger partial charge on any atom is -0.394 e. The monoisotopic (exact) mass is 216 g/mol. The van der Waals surface area contributed by atoms with E-state index < -0.39 is 6.10 Å². The molecule has 1 heterocycles. The molecule has 1 saturated heterocycles. The van der Waals surface area contributed by atoms with Gasteiger partial charge in [-0.25, -0.2) is 0 Å². The Labute approximate surface area is 92.3 Å². The predicted octanol–water partition coefficient (Wildman–Crippen LogP) is -0.340. The Morgan fingerprint density at radius 3 is 2.73 bits per heavy atom. The normalized spacial score (nSPS) is 25.0. The van der Waals surface area contributed by atoms with Gasteiger partial charge in [-0.3, -0.25) is 0 Å². The number of aliphatic hydroxyl groups excluding tert-OH is 2. The van der Waals surface area contributed by atoms with Crippen molar-refractivity contribution in [3.63, 3.8) is 0 Å². The molecule has 1 aliphatic heterocycles. The van der Waals surface area contributed by atoms with Gasteiger partial charge in [0.05, 0.1) is 12.7 Å². The zero-order chi connectivity index (χ0) is 11.3. The van der Waals surface area contributed by atoms with Crippen LogP contribution in [0.3, 0.4) is 0 Å². The first-order valence-corrected chi connectivity index (χ1v) is 5.87. The standard InChI is InChI=1S/C11H24N2O2/c1-9(2)13-4-3-10(7-13)5-12-6-11(15)8-14/h9-12,14-15H,3-8H2,1-2H3. The van der Waals surface area contributed by atoms with Gasteiger partial charge >= 0.3 is 0 Å². The van der Waals surface area contributed by atoms with Gasteiger partial charge in [-0.2, -0.15) is 0 Å². The van der Waals surface area contributed by atoms with Gasteiger partial charge in [0.2, 0.25) is 0 Å². The van der Waals surface area contributed by atoms with Crippen LogP contribution in [0.5, 0.6) is 0 Å². The van der Waals surface area contributed by atoms with E-state index in [1.807, 2.05) is 0 Å². The van der Waals surface area contributed by atoms with Crippen LogP contribution in [-0.4, -0.2) is 60.0 Å². The molecule has 0 amide bonds. The summed E-state index contributed by atoms with van der Waals surface area (Å²) in [6.45, 7) is 8.08. The lowest BCUT2D eigenvalue weighted by molar-refractivity contribution is 0.0936. The van der Waals surface area contributed by atoms with Gasteiger partial charge in [-0.05, 0) is 39.3 Å². The van der Waals surface area contributed by atoms with Crippen LogP contribution in [-0.2, 0) is 0 Å². The molecule has 0 aromatic carbocycles. The van der Waals surface area contributed by atoms with E-state index in [1.165, 1.54) is 13.0 Å². The third kappa shape index (κ3) is 4.47. The lowest BCUT2D eigenvalue weighted by Crippen LogP contribution is -2.34. The highest BCUT2D eigenvalue weighted by molar-refractivity contribution is 4.79. The zero-order valence-corrected chi connectivity index (χ0v) is 9.82. The third-order valence-corrected chi connectivity index (χ3v) is 3.07. The molecule has 4 heteroatoms. The number of rotatable bonds is 6. The van der Waals surface area contributed by atoms with Gasteiger partial charge in [0.15, 0.2) is 0 Å². The summed E-state index contributed by atoms with van der Waals surface area (Å²) in [7, 11) is 0. The summed E-state index contributed by atoms with van der Waals surface area (Å²) >= 11 is 0. The molecule has 1 aliphatic rings. The van der Waals surface area contributed by atoms with E-state index >= 15 is 0 Å². The first-order chi connectivity index (χ1) is 7.13. The summed E-state index contributed by atoms with van der Waals surface area (Å²) in [4.78, 5) is 2.48. The first kappa shape index (κ1) is 12.9. The molecule has 0 aromatic rings. The number of nitrogens with zero attached hydrogens (tertiary/aromatic N) is 1. The van der Waals surface area contributed by atoms with Gasteiger partial charge in [0.25, 0.3) is 0 Å². The molecule has 0 spiro atoms. The topological polar surface area (TPSA) is 55.7 Å². The second kappa shape index (κ2) is 6.43. The molecule has 90 valence electrons. The van der Waals surface area contributed by atoms with Crippen molar-refractivity contribution < 1.29 is 10.2 Å². The largest absolute Gasteiger partial charge is 0.394 e. The van der Waals surface area contributed by atoms with Crippen molar-refractivity contribution in [2.75, 3.05) is 32.8 Å². The number of hydrogen-bond donors (Lipinski definition) is 3. The van der Waals surface area contributed by atoms with Crippen LogP contribution < -0.4 is 5.32 Å². The highest BCUT2D eigenvalue weighted by Crippen LogP contribution is 2.17. The SMILES string of the molecule is CC(C)N1CCC(CNCC(O)CO)C1. The molecule has 1 rings (SSSR count).